The van der Waals surface area contributed by atoms with Gasteiger partial charge in [0.2, 0.25) is 6.61 Å². The topological polar surface area (TPSA) is 134 Å². The van der Waals surface area contributed by atoms with E-state index in [0.29, 0.717) is 35.8 Å². The molecule has 3 fully saturated rings. The molecule has 0 heterocycles. The number of carbonyl (C=O) groups is 1. The fraction of sp³-hybridized carbons (Fsp3) is 0.769. The van der Waals surface area contributed by atoms with Gasteiger partial charge in [0.25, 0.3) is 0 Å². The molecule has 8 heteroatoms. The molecule has 0 aromatic rings. The molecule has 0 bridgehead atoms. The molecule has 190 valence electrons. The lowest BCUT2D eigenvalue weighted by molar-refractivity contribution is -0.142. The number of nitrogens with zero attached hydrogens (tertiary/aromatic N) is 2. The number of hydrazine groups is 1. The third-order valence-electron chi connectivity index (χ3n) is 9.39. The number of allylic oxidation sites excluding steroid dienone is 2. The minimum absolute atomic E-state index is 0.229. The van der Waals surface area contributed by atoms with Gasteiger partial charge < -0.3 is 25.8 Å². The largest absolute Gasteiger partial charge is 0.479 e. The highest BCUT2D eigenvalue weighted by Gasteiger charge is 2.63. The first-order valence-corrected chi connectivity index (χ1v) is 13.0. The van der Waals surface area contributed by atoms with Crippen molar-refractivity contribution >= 4 is 11.7 Å². The molecule has 4 rings (SSSR count). The highest BCUT2D eigenvalue weighted by Crippen LogP contribution is 2.65. The average molecular weight is 475 g/mol. The Morgan fingerprint density at radius 1 is 1.26 bits per heavy atom. The molecule has 0 aromatic heterocycles. The summed E-state index contributed by atoms with van der Waals surface area (Å²) in [5.41, 5.74) is 8.13. The van der Waals surface area contributed by atoms with Crippen molar-refractivity contribution in [3.8, 4) is 0 Å². The van der Waals surface area contributed by atoms with E-state index in [1.807, 2.05) is 0 Å². The van der Waals surface area contributed by atoms with E-state index in [4.69, 9.17) is 21.5 Å². The molecule has 6 atom stereocenters. The van der Waals surface area contributed by atoms with Gasteiger partial charge >= 0.3 is 5.97 Å². The quantitative estimate of drug-likeness (QED) is 0.312. The number of aliphatic hydroxyl groups is 1. The highest BCUT2D eigenvalue weighted by atomic mass is 16.6. The van der Waals surface area contributed by atoms with E-state index in [1.54, 1.807) is 11.2 Å². The van der Waals surface area contributed by atoms with Gasteiger partial charge in [0.05, 0.1) is 11.4 Å². The van der Waals surface area contributed by atoms with Crippen LogP contribution in [-0.2, 0) is 9.63 Å². The lowest BCUT2D eigenvalue weighted by atomic mass is 9.50. The third-order valence-corrected chi connectivity index (χ3v) is 9.39. The summed E-state index contributed by atoms with van der Waals surface area (Å²) in [4.78, 5) is 15.6. The zero-order chi connectivity index (χ0) is 24.5. The van der Waals surface area contributed by atoms with Crippen molar-refractivity contribution in [2.75, 3.05) is 13.2 Å². The van der Waals surface area contributed by atoms with Crippen LogP contribution in [0.15, 0.2) is 28.7 Å². The molecule has 4 aliphatic rings. The Labute approximate surface area is 203 Å². The summed E-state index contributed by atoms with van der Waals surface area (Å²) in [6.45, 7) is 4.72. The summed E-state index contributed by atoms with van der Waals surface area (Å²) in [5, 5.41) is 26.4. The Balaban J connectivity index is 1.48. The molecule has 0 aromatic carbocycles. The molecule has 5 unspecified atom stereocenters. The number of carboxylic acid groups (broad SMARTS) is 1. The van der Waals surface area contributed by atoms with Crippen molar-refractivity contribution < 1.29 is 19.8 Å². The van der Waals surface area contributed by atoms with Crippen LogP contribution in [0.3, 0.4) is 0 Å². The van der Waals surface area contributed by atoms with Crippen LogP contribution < -0.4 is 11.6 Å². The van der Waals surface area contributed by atoms with E-state index >= 15 is 0 Å². The van der Waals surface area contributed by atoms with Crippen LogP contribution >= 0.6 is 0 Å². The highest BCUT2D eigenvalue weighted by molar-refractivity contribution is 5.96. The number of hydrogen-bond donors (Lipinski definition) is 4. The van der Waals surface area contributed by atoms with Gasteiger partial charge in [0.15, 0.2) is 0 Å². The van der Waals surface area contributed by atoms with E-state index in [1.165, 1.54) is 5.57 Å². The molecular weight excluding hydrogens is 432 g/mol. The standard InChI is InChI=1S/C26H42N4O4/c1-3-4-13-30(28)15-23(27)26(33)12-10-22-21-7-5-17-14-18(29-34-16-24(31)32)6-8-19(17)20(21)9-11-25(22,26)2/h14-15,19-22,33H,3-13,16,27-28H2,1-2H3,(H,31,32)/b23-15-,29-18-/t19?,20?,21?,22?,25?,26-/m1/s1. The van der Waals surface area contributed by atoms with Gasteiger partial charge in [0, 0.05) is 18.2 Å². The van der Waals surface area contributed by atoms with Crippen LogP contribution in [0.1, 0.15) is 78.1 Å². The summed E-state index contributed by atoms with van der Waals surface area (Å²) < 4.78 is 0. The SMILES string of the molecule is CCCCN(N)/C=C(\N)[C@]1(O)CCC2C3CCC4=C/C(=N\OCC(=O)O)CCC4C3CCC21C. The van der Waals surface area contributed by atoms with Crippen LogP contribution in [0.2, 0.25) is 0 Å². The van der Waals surface area contributed by atoms with E-state index in [0.717, 1.165) is 70.0 Å². The van der Waals surface area contributed by atoms with Crippen LogP contribution in [0.4, 0.5) is 0 Å². The molecule has 0 saturated heterocycles. The van der Waals surface area contributed by atoms with Gasteiger partial charge in [0.1, 0.15) is 5.60 Å². The van der Waals surface area contributed by atoms with E-state index in [9.17, 15) is 9.90 Å². The van der Waals surface area contributed by atoms with Crippen molar-refractivity contribution in [3.63, 3.8) is 0 Å². The normalized spacial score (nSPS) is 38.5. The molecule has 0 spiro atoms. The minimum atomic E-state index is -1.01. The number of hydrogen-bond acceptors (Lipinski definition) is 7. The molecule has 8 nitrogen and oxygen atoms in total. The van der Waals surface area contributed by atoms with Gasteiger partial charge in [-0.15, -0.1) is 0 Å². The van der Waals surface area contributed by atoms with Crippen molar-refractivity contribution in [2.45, 2.75) is 83.7 Å². The summed E-state index contributed by atoms with van der Waals surface area (Å²) in [6.07, 6.45) is 13.8. The number of oxime groups is 1. The molecule has 0 aliphatic heterocycles. The second-order valence-electron chi connectivity index (χ2n) is 11.1. The maximum atomic E-state index is 11.9. The molecule has 3 saturated carbocycles. The summed E-state index contributed by atoms with van der Waals surface area (Å²) in [7, 11) is 0. The number of carboxylic acids is 1. The lowest BCUT2D eigenvalue weighted by Gasteiger charge is -2.55. The second-order valence-corrected chi connectivity index (χ2v) is 11.1. The van der Waals surface area contributed by atoms with E-state index in [-0.39, 0.29) is 5.41 Å². The predicted octanol–water partition coefficient (Wildman–Crippen LogP) is 3.52. The minimum Gasteiger partial charge on any atom is -0.479 e. The number of aliphatic carboxylic acids is 1. The zero-order valence-electron chi connectivity index (χ0n) is 20.7. The monoisotopic (exact) mass is 474 g/mol. The van der Waals surface area contributed by atoms with Crippen molar-refractivity contribution in [1.82, 2.24) is 5.01 Å². The van der Waals surface area contributed by atoms with Gasteiger partial charge in [-0.1, -0.05) is 31.0 Å². The number of rotatable bonds is 8. The first-order chi connectivity index (χ1) is 16.2. The molecule has 6 N–H and O–H groups in total. The Morgan fingerprint density at radius 3 is 2.79 bits per heavy atom. The lowest BCUT2D eigenvalue weighted by Crippen LogP contribution is -2.55. The Bertz CT molecular complexity index is 871. The molecule has 4 aliphatic carbocycles. The number of fused-ring (bicyclic) bond motifs is 5. The summed E-state index contributed by atoms with van der Waals surface area (Å²) >= 11 is 0. The molecular formula is C26H42N4O4. The number of unbranched alkanes of at least 4 members (excludes halogenated alkanes) is 1. The fourth-order valence-corrected chi connectivity index (χ4v) is 7.62. The third kappa shape index (κ3) is 4.47. The van der Waals surface area contributed by atoms with E-state index < -0.39 is 18.2 Å². The Kier molecular flexibility index (Phi) is 7.29. The van der Waals surface area contributed by atoms with Gasteiger partial charge in [-0.3, -0.25) is 0 Å². The first kappa shape index (κ1) is 25.0. The maximum Gasteiger partial charge on any atom is 0.344 e. The smallest absolute Gasteiger partial charge is 0.344 e. The second kappa shape index (κ2) is 9.90. The summed E-state index contributed by atoms with van der Waals surface area (Å²) in [6, 6.07) is 0. The molecule has 34 heavy (non-hydrogen) atoms. The first-order valence-electron chi connectivity index (χ1n) is 13.0. The van der Waals surface area contributed by atoms with E-state index in [2.05, 4.69) is 25.1 Å². The summed E-state index contributed by atoms with van der Waals surface area (Å²) in [5.74, 6) is 7.37. The molecule has 0 amide bonds. The maximum absolute atomic E-state index is 11.9. The van der Waals surface area contributed by atoms with Gasteiger partial charge in [-0.2, -0.15) is 0 Å². The van der Waals surface area contributed by atoms with Crippen molar-refractivity contribution in [2.24, 2.45) is 45.8 Å². The van der Waals surface area contributed by atoms with Crippen LogP contribution in [0.5, 0.6) is 0 Å². The zero-order valence-corrected chi connectivity index (χ0v) is 20.7. The van der Waals surface area contributed by atoms with Crippen LogP contribution in [0, 0.1) is 29.1 Å². The Morgan fingerprint density at radius 2 is 2.06 bits per heavy atom. The van der Waals surface area contributed by atoms with Gasteiger partial charge in [-0.05, 0) is 87.5 Å². The average Bonchev–Trinajstić information content (AvgIpc) is 3.09. The Hall–Kier alpha value is -2.06. The van der Waals surface area contributed by atoms with Crippen LogP contribution in [0.25, 0.3) is 0 Å². The fourth-order valence-electron chi connectivity index (χ4n) is 7.62. The van der Waals surface area contributed by atoms with Crippen molar-refractivity contribution in [3.05, 3.63) is 23.5 Å². The van der Waals surface area contributed by atoms with Crippen molar-refractivity contribution in [1.29, 1.82) is 0 Å². The van der Waals surface area contributed by atoms with Crippen LogP contribution in [-0.4, -0.2) is 45.7 Å². The van der Waals surface area contributed by atoms with Gasteiger partial charge in [-0.25, -0.2) is 10.6 Å². The predicted molar refractivity (Wildman–Crippen MR) is 131 cm³/mol. The number of nitrogens with two attached hydrogens (primary N) is 2. The molecule has 0 radical (unpaired) electrons.